The minimum absolute atomic E-state index is 0.0564. The van der Waals surface area contributed by atoms with Crippen LogP contribution in [0.3, 0.4) is 0 Å². The predicted molar refractivity (Wildman–Crippen MR) is 96.1 cm³/mol. The van der Waals surface area contributed by atoms with Gasteiger partial charge in [-0.1, -0.05) is 17.7 Å². The van der Waals surface area contributed by atoms with Gasteiger partial charge in [0.25, 0.3) is 11.8 Å². The Kier molecular flexibility index (Phi) is 6.30. The largest absolute Gasteiger partial charge is 0.508 e. The molecule has 0 aliphatic heterocycles. The Morgan fingerprint density at radius 3 is 2.32 bits per heavy atom. The number of hydrogen-bond donors (Lipinski definition) is 4. The van der Waals surface area contributed by atoms with Gasteiger partial charge >= 0.3 is 0 Å². The van der Waals surface area contributed by atoms with Crippen molar-refractivity contribution in [3.63, 3.8) is 0 Å². The molecule has 0 saturated heterocycles. The molecule has 4 N–H and O–H groups in total. The molecule has 2 rings (SSSR count). The normalized spacial score (nSPS) is 9.80. The second kappa shape index (κ2) is 8.65. The van der Waals surface area contributed by atoms with Crippen molar-refractivity contribution < 1.29 is 19.4 Å². The summed E-state index contributed by atoms with van der Waals surface area (Å²) in [5.41, 5.74) is 6.16. The van der Waals surface area contributed by atoms with Crippen molar-refractivity contribution >= 4 is 29.1 Å². The lowest BCUT2D eigenvalue weighted by Gasteiger charge is -2.11. The lowest BCUT2D eigenvalue weighted by atomic mass is 10.2. The number of hydrazine groups is 1. The van der Waals surface area contributed by atoms with Gasteiger partial charge in [0.05, 0.1) is 0 Å². The number of ether oxygens (including phenoxy) is 1. The summed E-state index contributed by atoms with van der Waals surface area (Å²) in [5, 5.41) is 11.5. The third-order valence-electron chi connectivity index (χ3n) is 3.06. The number of rotatable bonds is 4. The van der Waals surface area contributed by atoms with Crippen LogP contribution < -0.4 is 20.9 Å². The molecule has 7 nitrogen and oxygen atoms in total. The molecule has 0 atom stereocenters. The summed E-state index contributed by atoms with van der Waals surface area (Å²) in [6.45, 7) is 1.74. The summed E-state index contributed by atoms with van der Waals surface area (Å²) in [7, 11) is 0. The highest BCUT2D eigenvalue weighted by Gasteiger charge is 2.08. The summed E-state index contributed by atoms with van der Waals surface area (Å²) in [6, 6.07) is 12.9. The van der Waals surface area contributed by atoms with Gasteiger partial charge in [-0.3, -0.25) is 25.8 Å². The van der Waals surface area contributed by atoms with Crippen molar-refractivity contribution in [2.75, 3.05) is 6.61 Å². The molecular formula is C17H17N3O4S. The zero-order valence-corrected chi connectivity index (χ0v) is 14.2. The van der Waals surface area contributed by atoms with E-state index in [1.165, 1.54) is 24.3 Å². The number of phenols is 1. The van der Waals surface area contributed by atoms with Crippen molar-refractivity contribution in [3.05, 3.63) is 59.7 Å². The highest BCUT2D eigenvalue weighted by molar-refractivity contribution is 7.80. The standard InChI is InChI=1S/C17H17N3O4S/c1-11-2-8-14(9-3-11)24-10-15(22)18-17(25)20-19-16(23)12-4-6-13(21)7-5-12/h2-9,21H,10H2,1H3,(H,19,23)(H2,18,20,22,25). The molecule has 2 aromatic rings. The maximum absolute atomic E-state index is 11.8. The molecule has 2 aromatic carbocycles. The van der Waals surface area contributed by atoms with E-state index in [0.29, 0.717) is 11.3 Å². The van der Waals surface area contributed by atoms with E-state index in [0.717, 1.165) is 5.56 Å². The average molecular weight is 359 g/mol. The quantitative estimate of drug-likeness (QED) is 0.487. The summed E-state index contributed by atoms with van der Waals surface area (Å²) < 4.78 is 5.32. The Bertz CT molecular complexity index is 760. The molecule has 8 heteroatoms. The summed E-state index contributed by atoms with van der Waals surface area (Å²) in [5.74, 6) is -0.300. The Morgan fingerprint density at radius 1 is 1.04 bits per heavy atom. The average Bonchev–Trinajstić information content (AvgIpc) is 2.60. The van der Waals surface area contributed by atoms with Crippen molar-refractivity contribution in [1.29, 1.82) is 0 Å². The van der Waals surface area contributed by atoms with Crippen molar-refractivity contribution in [3.8, 4) is 11.5 Å². The van der Waals surface area contributed by atoms with E-state index in [2.05, 4.69) is 16.2 Å². The van der Waals surface area contributed by atoms with Crippen LogP contribution in [-0.4, -0.2) is 28.6 Å². The molecule has 0 spiro atoms. The van der Waals surface area contributed by atoms with E-state index in [4.69, 9.17) is 17.0 Å². The predicted octanol–water partition coefficient (Wildman–Crippen LogP) is 1.42. The van der Waals surface area contributed by atoms with Gasteiger partial charge in [0.15, 0.2) is 11.7 Å². The Hall–Kier alpha value is -3.13. The smallest absolute Gasteiger partial charge is 0.269 e. The van der Waals surface area contributed by atoms with Gasteiger partial charge in [0, 0.05) is 5.56 Å². The van der Waals surface area contributed by atoms with Gasteiger partial charge in [0.1, 0.15) is 11.5 Å². The molecule has 25 heavy (non-hydrogen) atoms. The second-order valence-electron chi connectivity index (χ2n) is 5.11. The van der Waals surface area contributed by atoms with Crippen LogP contribution >= 0.6 is 12.2 Å². The minimum atomic E-state index is -0.465. The number of thiocarbonyl (C=S) groups is 1. The summed E-state index contributed by atoms with van der Waals surface area (Å²) in [6.07, 6.45) is 0. The molecule has 0 heterocycles. The number of carbonyl (C=O) groups excluding carboxylic acids is 2. The maximum Gasteiger partial charge on any atom is 0.269 e. The topological polar surface area (TPSA) is 99.7 Å². The number of carbonyl (C=O) groups is 2. The molecule has 0 aromatic heterocycles. The van der Waals surface area contributed by atoms with Gasteiger partial charge in [-0.15, -0.1) is 0 Å². The number of amides is 2. The molecule has 2 amide bonds. The first kappa shape index (κ1) is 18.2. The van der Waals surface area contributed by atoms with Crippen LogP contribution in [0.4, 0.5) is 0 Å². The number of benzene rings is 2. The molecule has 0 aliphatic rings. The van der Waals surface area contributed by atoms with E-state index < -0.39 is 11.8 Å². The van der Waals surface area contributed by atoms with Crippen molar-refractivity contribution in [2.24, 2.45) is 0 Å². The lowest BCUT2D eigenvalue weighted by Crippen LogP contribution is -2.49. The molecule has 0 fully saturated rings. The number of aromatic hydroxyl groups is 1. The lowest BCUT2D eigenvalue weighted by molar-refractivity contribution is -0.121. The van der Waals surface area contributed by atoms with Gasteiger partial charge < -0.3 is 9.84 Å². The van der Waals surface area contributed by atoms with Gasteiger partial charge in [0.2, 0.25) is 0 Å². The van der Waals surface area contributed by atoms with Crippen LogP contribution in [0.5, 0.6) is 11.5 Å². The molecule has 0 bridgehead atoms. The molecule has 0 radical (unpaired) electrons. The SMILES string of the molecule is Cc1ccc(OCC(=O)NC(=S)NNC(=O)c2ccc(O)cc2)cc1. The van der Waals surface area contributed by atoms with E-state index in [1.807, 2.05) is 19.1 Å². The van der Waals surface area contributed by atoms with E-state index in [1.54, 1.807) is 12.1 Å². The van der Waals surface area contributed by atoms with Gasteiger partial charge in [-0.2, -0.15) is 0 Å². The van der Waals surface area contributed by atoms with Crippen LogP contribution in [0.1, 0.15) is 15.9 Å². The fraction of sp³-hybridized carbons (Fsp3) is 0.118. The van der Waals surface area contributed by atoms with Crippen LogP contribution in [0.2, 0.25) is 0 Å². The molecule has 0 aliphatic carbocycles. The first-order valence-corrected chi connectivity index (χ1v) is 7.73. The fourth-order valence-electron chi connectivity index (χ4n) is 1.78. The number of aryl methyl sites for hydroxylation is 1. The number of nitrogens with one attached hydrogen (secondary N) is 3. The molecular weight excluding hydrogens is 342 g/mol. The summed E-state index contributed by atoms with van der Waals surface area (Å²) >= 11 is 4.91. The van der Waals surface area contributed by atoms with Crippen LogP contribution in [-0.2, 0) is 4.79 Å². The van der Waals surface area contributed by atoms with E-state index in [9.17, 15) is 14.7 Å². The van der Waals surface area contributed by atoms with Crippen molar-refractivity contribution in [1.82, 2.24) is 16.2 Å². The molecule has 0 unspecified atom stereocenters. The fourth-order valence-corrected chi connectivity index (χ4v) is 1.94. The van der Waals surface area contributed by atoms with E-state index >= 15 is 0 Å². The highest BCUT2D eigenvalue weighted by atomic mass is 32.1. The monoisotopic (exact) mass is 359 g/mol. The van der Waals surface area contributed by atoms with E-state index in [-0.39, 0.29) is 17.5 Å². The van der Waals surface area contributed by atoms with Crippen LogP contribution in [0.15, 0.2) is 48.5 Å². The number of phenolic OH excluding ortho intramolecular Hbond substituents is 1. The van der Waals surface area contributed by atoms with Crippen molar-refractivity contribution in [2.45, 2.75) is 6.92 Å². The summed E-state index contributed by atoms with van der Waals surface area (Å²) in [4.78, 5) is 23.6. The second-order valence-corrected chi connectivity index (χ2v) is 5.51. The molecule has 0 saturated carbocycles. The molecule has 130 valence electrons. The Morgan fingerprint density at radius 2 is 1.68 bits per heavy atom. The van der Waals surface area contributed by atoms with Crippen LogP contribution in [0, 0.1) is 6.92 Å². The first-order chi connectivity index (χ1) is 11.9. The van der Waals surface area contributed by atoms with Crippen LogP contribution in [0.25, 0.3) is 0 Å². The number of hydrogen-bond acceptors (Lipinski definition) is 5. The zero-order chi connectivity index (χ0) is 18.2. The third kappa shape index (κ3) is 6.11. The minimum Gasteiger partial charge on any atom is -0.508 e. The zero-order valence-electron chi connectivity index (χ0n) is 13.4. The Labute approximate surface area is 150 Å². The third-order valence-corrected chi connectivity index (χ3v) is 3.27. The first-order valence-electron chi connectivity index (χ1n) is 7.33. The van der Waals surface area contributed by atoms with Gasteiger partial charge in [-0.05, 0) is 55.5 Å². The maximum atomic E-state index is 11.8. The highest BCUT2D eigenvalue weighted by Crippen LogP contribution is 2.11. The Balaban J connectivity index is 1.72. The van der Waals surface area contributed by atoms with Gasteiger partial charge in [-0.25, -0.2) is 0 Å².